The molecule has 0 N–H and O–H groups in total. The molecule has 0 aliphatic carbocycles. The molecular weight excluding hydrogens is 252 g/mol. The number of carbonyl (C=O) groups is 2. The number of amides is 2. The van der Waals surface area contributed by atoms with E-state index in [-0.39, 0.29) is 18.4 Å². The fourth-order valence-electron chi connectivity index (χ4n) is 2.01. The molecule has 0 heterocycles. The monoisotopic (exact) mass is 274 g/mol. The van der Waals surface area contributed by atoms with Gasteiger partial charge in [-0.15, -0.1) is 6.58 Å². The van der Waals surface area contributed by atoms with Gasteiger partial charge < -0.3 is 9.80 Å². The Morgan fingerprint density at radius 1 is 1.35 bits per heavy atom. The van der Waals surface area contributed by atoms with Crippen molar-refractivity contribution in [2.45, 2.75) is 20.8 Å². The summed E-state index contributed by atoms with van der Waals surface area (Å²) in [4.78, 5) is 27.0. The molecule has 0 spiro atoms. The molecule has 1 aromatic rings. The molecule has 0 bridgehead atoms. The molecular formula is C16H22N2O2. The highest BCUT2D eigenvalue weighted by Gasteiger charge is 2.18. The van der Waals surface area contributed by atoms with Crippen LogP contribution >= 0.6 is 0 Å². The predicted molar refractivity (Wildman–Crippen MR) is 81.7 cm³/mol. The maximum atomic E-state index is 12.4. The van der Waals surface area contributed by atoms with Gasteiger partial charge in [0.25, 0.3) is 0 Å². The third-order valence-electron chi connectivity index (χ3n) is 3.05. The van der Waals surface area contributed by atoms with Crippen LogP contribution in [0.2, 0.25) is 0 Å². The van der Waals surface area contributed by atoms with Gasteiger partial charge in [-0.05, 0) is 31.5 Å². The average molecular weight is 274 g/mol. The Morgan fingerprint density at radius 3 is 2.55 bits per heavy atom. The molecule has 0 aliphatic heterocycles. The Morgan fingerprint density at radius 2 is 2.05 bits per heavy atom. The second-order valence-corrected chi connectivity index (χ2v) is 4.67. The zero-order chi connectivity index (χ0) is 15.1. The lowest BCUT2D eigenvalue weighted by Crippen LogP contribution is -2.42. The van der Waals surface area contributed by atoms with Gasteiger partial charge in [-0.3, -0.25) is 9.59 Å². The summed E-state index contributed by atoms with van der Waals surface area (Å²) in [5.74, 6) is -0.214. The summed E-state index contributed by atoms with van der Waals surface area (Å²) in [7, 11) is 0. The summed E-state index contributed by atoms with van der Waals surface area (Å²) in [6.07, 6.45) is 1.62. The highest BCUT2D eigenvalue weighted by Crippen LogP contribution is 2.16. The van der Waals surface area contributed by atoms with Gasteiger partial charge in [0.1, 0.15) is 6.54 Å². The van der Waals surface area contributed by atoms with Crippen molar-refractivity contribution in [3.8, 4) is 0 Å². The van der Waals surface area contributed by atoms with Gasteiger partial charge in [-0.25, -0.2) is 0 Å². The van der Waals surface area contributed by atoms with Crippen LogP contribution in [0.5, 0.6) is 0 Å². The summed E-state index contributed by atoms with van der Waals surface area (Å²) in [5.41, 5.74) is 1.96. The second-order valence-electron chi connectivity index (χ2n) is 4.67. The van der Waals surface area contributed by atoms with Crippen LogP contribution < -0.4 is 4.90 Å². The topological polar surface area (TPSA) is 40.6 Å². The molecule has 20 heavy (non-hydrogen) atoms. The molecule has 1 aromatic carbocycles. The molecule has 0 aromatic heterocycles. The summed E-state index contributed by atoms with van der Waals surface area (Å²) in [6.45, 7) is 10.00. The van der Waals surface area contributed by atoms with Gasteiger partial charge >= 0.3 is 0 Å². The largest absolute Gasteiger partial charge is 0.330 e. The van der Waals surface area contributed by atoms with Crippen molar-refractivity contribution >= 4 is 17.5 Å². The lowest BCUT2D eigenvalue weighted by Gasteiger charge is -2.25. The summed E-state index contributed by atoms with van der Waals surface area (Å²) < 4.78 is 0. The quantitative estimate of drug-likeness (QED) is 0.747. The number of likely N-dealkylation sites (N-methyl/N-ethyl adjacent to an activating group) is 1. The van der Waals surface area contributed by atoms with E-state index in [9.17, 15) is 9.59 Å². The van der Waals surface area contributed by atoms with E-state index in [2.05, 4.69) is 6.58 Å². The minimum atomic E-state index is -0.126. The van der Waals surface area contributed by atoms with Crippen LogP contribution in [0.3, 0.4) is 0 Å². The molecule has 0 radical (unpaired) electrons. The van der Waals surface area contributed by atoms with E-state index in [1.807, 2.05) is 38.1 Å². The highest BCUT2D eigenvalue weighted by molar-refractivity contribution is 5.96. The molecule has 1 rings (SSSR count). The van der Waals surface area contributed by atoms with Crippen molar-refractivity contribution in [1.29, 1.82) is 0 Å². The molecule has 0 saturated heterocycles. The molecule has 4 nitrogen and oxygen atoms in total. The number of nitrogens with zero attached hydrogens (tertiary/aromatic N) is 2. The minimum absolute atomic E-state index is 0.0726. The molecule has 0 atom stereocenters. The molecule has 0 aliphatic rings. The standard InChI is InChI=1S/C16H22N2O2/c1-5-10-17(14(4)19)12-16(20)18(6-2)15-9-7-8-13(3)11-15/h5,7-9,11H,1,6,10,12H2,2-4H3. The summed E-state index contributed by atoms with van der Waals surface area (Å²) >= 11 is 0. The van der Waals surface area contributed by atoms with E-state index in [0.29, 0.717) is 13.1 Å². The van der Waals surface area contributed by atoms with Crippen molar-refractivity contribution in [3.63, 3.8) is 0 Å². The van der Waals surface area contributed by atoms with E-state index in [1.165, 1.54) is 11.8 Å². The first kappa shape index (κ1) is 16.0. The SMILES string of the molecule is C=CCN(CC(=O)N(CC)c1cccc(C)c1)C(C)=O. The zero-order valence-electron chi connectivity index (χ0n) is 12.4. The fraction of sp³-hybridized carbons (Fsp3) is 0.375. The minimum Gasteiger partial charge on any atom is -0.330 e. The summed E-state index contributed by atoms with van der Waals surface area (Å²) in [5, 5.41) is 0. The smallest absolute Gasteiger partial charge is 0.246 e. The molecule has 0 saturated carbocycles. The number of benzene rings is 1. The van der Waals surface area contributed by atoms with Gasteiger partial charge in [0.2, 0.25) is 11.8 Å². The van der Waals surface area contributed by atoms with Crippen LogP contribution in [0.1, 0.15) is 19.4 Å². The number of carbonyl (C=O) groups excluding carboxylic acids is 2. The van der Waals surface area contributed by atoms with Gasteiger partial charge in [-0.1, -0.05) is 18.2 Å². The first-order chi connectivity index (χ1) is 9.49. The van der Waals surface area contributed by atoms with Crippen LogP contribution in [-0.4, -0.2) is 36.3 Å². The van der Waals surface area contributed by atoms with Gasteiger partial charge in [0.05, 0.1) is 0 Å². The van der Waals surface area contributed by atoms with E-state index in [1.54, 1.807) is 11.0 Å². The number of hydrogen-bond acceptors (Lipinski definition) is 2. The molecule has 0 unspecified atom stereocenters. The van der Waals surface area contributed by atoms with Gasteiger partial charge in [0.15, 0.2) is 0 Å². The Kier molecular flexibility index (Phi) is 5.97. The first-order valence-corrected chi connectivity index (χ1v) is 6.73. The number of hydrogen-bond donors (Lipinski definition) is 0. The number of rotatable bonds is 6. The van der Waals surface area contributed by atoms with Crippen LogP contribution in [0.15, 0.2) is 36.9 Å². The highest BCUT2D eigenvalue weighted by atomic mass is 16.2. The van der Waals surface area contributed by atoms with Gasteiger partial charge in [0, 0.05) is 25.7 Å². The fourth-order valence-corrected chi connectivity index (χ4v) is 2.01. The third-order valence-corrected chi connectivity index (χ3v) is 3.05. The maximum absolute atomic E-state index is 12.4. The van der Waals surface area contributed by atoms with E-state index in [0.717, 1.165) is 11.3 Å². The van der Waals surface area contributed by atoms with Crippen LogP contribution in [0, 0.1) is 6.92 Å². The van der Waals surface area contributed by atoms with E-state index >= 15 is 0 Å². The molecule has 4 heteroatoms. The van der Waals surface area contributed by atoms with Crippen molar-refractivity contribution in [1.82, 2.24) is 4.90 Å². The normalized spacial score (nSPS) is 9.95. The first-order valence-electron chi connectivity index (χ1n) is 6.73. The predicted octanol–water partition coefficient (Wildman–Crippen LogP) is 2.38. The number of anilines is 1. The average Bonchev–Trinajstić information content (AvgIpc) is 2.39. The van der Waals surface area contributed by atoms with Gasteiger partial charge in [-0.2, -0.15) is 0 Å². The van der Waals surface area contributed by atoms with Crippen molar-refractivity contribution in [3.05, 3.63) is 42.5 Å². The van der Waals surface area contributed by atoms with E-state index in [4.69, 9.17) is 0 Å². The number of aryl methyl sites for hydroxylation is 1. The Labute approximate surface area is 120 Å². The lowest BCUT2D eigenvalue weighted by molar-refractivity contribution is -0.132. The summed E-state index contributed by atoms with van der Waals surface area (Å²) in [6, 6.07) is 7.78. The maximum Gasteiger partial charge on any atom is 0.246 e. The second kappa shape index (κ2) is 7.48. The molecule has 0 fully saturated rings. The van der Waals surface area contributed by atoms with E-state index < -0.39 is 0 Å². The Hall–Kier alpha value is -2.10. The van der Waals surface area contributed by atoms with Crippen molar-refractivity contribution in [2.24, 2.45) is 0 Å². The van der Waals surface area contributed by atoms with Crippen LogP contribution in [0.4, 0.5) is 5.69 Å². The third kappa shape index (κ3) is 4.23. The van der Waals surface area contributed by atoms with Crippen molar-refractivity contribution in [2.75, 3.05) is 24.5 Å². The Balaban J connectivity index is 2.86. The van der Waals surface area contributed by atoms with Crippen LogP contribution in [0.25, 0.3) is 0 Å². The molecule has 108 valence electrons. The zero-order valence-corrected chi connectivity index (χ0v) is 12.4. The van der Waals surface area contributed by atoms with Crippen molar-refractivity contribution < 1.29 is 9.59 Å². The Bertz CT molecular complexity index is 497. The molecule has 2 amide bonds. The van der Waals surface area contributed by atoms with Crippen LogP contribution in [-0.2, 0) is 9.59 Å². The lowest BCUT2D eigenvalue weighted by atomic mass is 10.2.